The first kappa shape index (κ1) is 20.5. The van der Waals surface area contributed by atoms with Crippen molar-refractivity contribution in [1.82, 2.24) is 0 Å². The number of carboxylic acids is 1. The molecule has 0 radical (unpaired) electrons. The van der Waals surface area contributed by atoms with Crippen molar-refractivity contribution in [2.75, 3.05) is 0 Å². The van der Waals surface area contributed by atoms with E-state index in [0.717, 1.165) is 24.7 Å². The summed E-state index contributed by atoms with van der Waals surface area (Å²) in [5.74, 6) is 1.03. The van der Waals surface area contributed by atoms with Gasteiger partial charge in [0.15, 0.2) is 0 Å². The van der Waals surface area contributed by atoms with Gasteiger partial charge < -0.3 is 9.90 Å². The monoisotopic (exact) mass is 290 g/mol. The quantitative estimate of drug-likeness (QED) is 0.422. The molecular weight excluding hydrogens is 259 g/mol. The number of hydrogen-bond donors (Lipinski definition) is 0. The van der Waals surface area contributed by atoms with Crippen molar-refractivity contribution in [1.29, 1.82) is 0 Å². The molecule has 0 spiro atoms. The molecule has 0 aromatic rings. The van der Waals surface area contributed by atoms with Gasteiger partial charge in [-0.2, -0.15) is 0 Å². The minimum Gasteiger partial charge on any atom is -0.550 e. The van der Waals surface area contributed by atoms with Crippen LogP contribution in [0.1, 0.15) is 90.4 Å². The maximum atomic E-state index is 10.3. The predicted octanol–water partition coefficient (Wildman–Crippen LogP) is 1.08. The van der Waals surface area contributed by atoms with Gasteiger partial charge in [-0.1, -0.05) is 71.1 Å². The first-order chi connectivity index (χ1) is 9.22. The molecule has 0 bridgehead atoms. The third-order valence-corrected chi connectivity index (χ3v) is 4.61. The van der Waals surface area contributed by atoms with Crippen molar-refractivity contribution < 1.29 is 39.5 Å². The molecule has 0 saturated heterocycles. The molecule has 0 N–H and O–H groups in total. The first-order valence-corrected chi connectivity index (χ1v) is 8.42. The maximum absolute atomic E-state index is 10.3. The standard InChI is InChI=1S/C17H32O2.Na/c1-2-3-4-6-9-15-12-13-16(14-15)10-7-5-8-11-17(18)19;/h15-16H,2-14H2,1H3,(H,18,19);/q;+1/p-1. The summed E-state index contributed by atoms with van der Waals surface area (Å²) < 4.78 is 0. The summed E-state index contributed by atoms with van der Waals surface area (Å²) in [4.78, 5) is 10.3. The number of carbonyl (C=O) groups is 1. The molecule has 2 nitrogen and oxygen atoms in total. The molecule has 112 valence electrons. The largest absolute Gasteiger partial charge is 1.00 e. The molecule has 1 saturated carbocycles. The summed E-state index contributed by atoms with van der Waals surface area (Å²) in [6, 6.07) is 0. The number of carboxylic acid groups (broad SMARTS) is 1. The van der Waals surface area contributed by atoms with Crippen molar-refractivity contribution in [2.45, 2.75) is 90.4 Å². The van der Waals surface area contributed by atoms with Crippen LogP contribution in [0, 0.1) is 11.8 Å². The van der Waals surface area contributed by atoms with Crippen molar-refractivity contribution >= 4 is 5.97 Å². The average Bonchev–Trinajstić information content (AvgIpc) is 2.82. The fourth-order valence-corrected chi connectivity index (χ4v) is 3.44. The van der Waals surface area contributed by atoms with E-state index >= 15 is 0 Å². The van der Waals surface area contributed by atoms with E-state index in [0.29, 0.717) is 0 Å². The smallest absolute Gasteiger partial charge is 0.550 e. The maximum Gasteiger partial charge on any atom is 1.00 e. The third-order valence-electron chi connectivity index (χ3n) is 4.61. The Morgan fingerprint density at radius 2 is 1.50 bits per heavy atom. The van der Waals surface area contributed by atoms with Crippen LogP contribution in [0.2, 0.25) is 0 Å². The Kier molecular flexibility index (Phi) is 13.5. The second-order valence-corrected chi connectivity index (χ2v) is 6.37. The Balaban J connectivity index is 0.00000361. The van der Waals surface area contributed by atoms with Crippen molar-refractivity contribution in [3.63, 3.8) is 0 Å². The second kappa shape index (κ2) is 13.2. The van der Waals surface area contributed by atoms with E-state index in [1.807, 2.05) is 0 Å². The van der Waals surface area contributed by atoms with E-state index in [4.69, 9.17) is 0 Å². The Bertz CT molecular complexity index is 243. The minimum absolute atomic E-state index is 0. The van der Waals surface area contributed by atoms with E-state index in [1.54, 1.807) is 0 Å². The molecule has 0 aromatic carbocycles. The van der Waals surface area contributed by atoms with E-state index < -0.39 is 5.97 Å². The van der Waals surface area contributed by atoms with Crippen LogP contribution < -0.4 is 34.7 Å². The molecule has 3 heteroatoms. The fourth-order valence-electron chi connectivity index (χ4n) is 3.44. The zero-order valence-corrected chi connectivity index (χ0v) is 15.7. The van der Waals surface area contributed by atoms with Crippen LogP contribution in [-0.2, 0) is 4.79 Å². The Morgan fingerprint density at radius 1 is 0.950 bits per heavy atom. The van der Waals surface area contributed by atoms with Crippen LogP contribution in [-0.4, -0.2) is 5.97 Å². The fraction of sp³-hybridized carbons (Fsp3) is 0.941. The predicted molar refractivity (Wildman–Crippen MR) is 77.7 cm³/mol. The second-order valence-electron chi connectivity index (χ2n) is 6.37. The zero-order valence-electron chi connectivity index (χ0n) is 13.7. The van der Waals surface area contributed by atoms with Crippen LogP contribution in [0.15, 0.2) is 0 Å². The van der Waals surface area contributed by atoms with Gasteiger partial charge in [0, 0.05) is 5.97 Å². The number of unbranched alkanes of at least 4 members (excludes halogenated alkanes) is 5. The van der Waals surface area contributed by atoms with Crippen molar-refractivity contribution in [2.24, 2.45) is 11.8 Å². The molecule has 2 unspecified atom stereocenters. The topological polar surface area (TPSA) is 40.1 Å². The van der Waals surface area contributed by atoms with E-state index in [9.17, 15) is 9.90 Å². The van der Waals surface area contributed by atoms with Crippen LogP contribution in [0.25, 0.3) is 0 Å². The Hall–Kier alpha value is 0.470. The Labute approximate surface area is 147 Å². The first-order valence-electron chi connectivity index (χ1n) is 8.42. The van der Waals surface area contributed by atoms with Gasteiger partial charge in [-0.15, -0.1) is 0 Å². The van der Waals surface area contributed by atoms with E-state index in [2.05, 4.69) is 6.92 Å². The van der Waals surface area contributed by atoms with Gasteiger partial charge in [-0.05, 0) is 31.1 Å². The molecule has 1 rings (SSSR count). The third kappa shape index (κ3) is 10.2. The van der Waals surface area contributed by atoms with Gasteiger partial charge in [0.2, 0.25) is 0 Å². The number of aliphatic carboxylic acids is 1. The summed E-state index contributed by atoms with van der Waals surface area (Å²) in [5, 5.41) is 10.3. The molecule has 0 aliphatic heterocycles. The summed E-state index contributed by atoms with van der Waals surface area (Å²) in [5.41, 5.74) is 0. The number of carbonyl (C=O) groups excluding carboxylic acids is 1. The van der Waals surface area contributed by atoms with Crippen LogP contribution in [0.3, 0.4) is 0 Å². The van der Waals surface area contributed by atoms with Gasteiger partial charge in [0.05, 0.1) is 0 Å². The molecule has 1 fully saturated rings. The summed E-state index contributed by atoms with van der Waals surface area (Å²) in [6.07, 6.45) is 15.9. The molecule has 0 amide bonds. The van der Waals surface area contributed by atoms with Gasteiger partial charge >= 0.3 is 29.6 Å². The Morgan fingerprint density at radius 3 is 2.00 bits per heavy atom. The van der Waals surface area contributed by atoms with Crippen molar-refractivity contribution in [3.8, 4) is 0 Å². The normalized spacial score (nSPS) is 21.6. The van der Waals surface area contributed by atoms with Gasteiger partial charge in [-0.3, -0.25) is 0 Å². The van der Waals surface area contributed by atoms with Gasteiger partial charge in [0.1, 0.15) is 0 Å². The minimum atomic E-state index is -0.895. The van der Waals surface area contributed by atoms with Crippen LogP contribution in [0.5, 0.6) is 0 Å². The molecular formula is C17H31NaO2. The number of rotatable bonds is 11. The number of hydrogen-bond acceptors (Lipinski definition) is 2. The SMILES string of the molecule is CCCCCCC1CCC(CCCCCC(=O)[O-])C1.[Na+]. The average molecular weight is 290 g/mol. The summed E-state index contributed by atoms with van der Waals surface area (Å²) in [6.45, 7) is 2.27. The van der Waals surface area contributed by atoms with E-state index in [1.165, 1.54) is 64.2 Å². The van der Waals surface area contributed by atoms with Crippen LogP contribution >= 0.6 is 0 Å². The van der Waals surface area contributed by atoms with E-state index in [-0.39, 0.29) is 36.0 Å². The molecule has 2 atom stereocenters. The molecule has 0 aromatic heterocycles. The zero-order chi connectivity index (χ0) is 13.9. The van der Waals surface area contributed by atoms with Crippen molar-refractivity contribution in [3.05, 3.63) is 0 Å². The molecule has 1 aliphatic rings. The molecule has 1 aliphatic carbocycles. The van der Waals surface area contributed by atoms with Crippen LogP contribution in [0.4, 0.5) is 0 Å². The van der Waals surface area contributed by atoms with Gasteiger partial charge in [0.25, 0.3) is 0 Å². The molecule has 20 heavy (non-hydrogen) atoms. The molecule has 0 heterocycles. The summed E-state index contributed by atoms with van der Waals surface area (Å²) >= 11 is 0. The summed E-state index contributed by atoms with van der Waals surface area (Å²) in [7, 11) is 0. The van der Waals surface area contributed by atoms with Gasteiger partial charge in [-0.25, -0.2) is 0 Å².